The predicted molar refractivity (Wildman–Crippen MR) is 20.4 cm³/mol. The monoisotopic (exact) mass is 286 g/mol. The predicted octanol–water partition coefficient (Wildman–Crippen LogP) is 1.36. The average molecular weight is 286 g/mol. The summed E-state index contributed by atoms with van der Waals surface area (Å²) in [5, 5.41) is 0. The molecular formula is C4H6Th. The summed E-state index contributed by atoms with van der Waals surface area (Å²) in [6.45, 7) is 6.72. The topological polar surface area (TPSA) is 0 Å². The van der Waals surface area contributed by atoms with Crippen molar-refractivity contribution in [2.45, 2.75) is 0 Å². The molecule has 0 spiro atoms. The fraction of sp³-hybridized carbons (Fsp3) is 0. The molecule has 1 heteroatoms. The zero-order valence-corrected chi connectivity index (χ0v) is 7.18. The molecule has 0 aliphatic rings. The van der Waals surface area contributed by atoms with Gasteiger partial charge in [0.1, 0.15) is 0 Å². The van der Waals surface area contributed by atoms with Gasteiger partial charge in [-0.3, -0.25) is 0 Å². The van der Waals surface area contributed by atoms with E-state index in [1.54, 1.807) is 12.2 Å². The van der Waals surface area contributed by atoms with Crippen molar-refractivity contribution < 1.29 is 39.9 Å². The minimum atomic E-state index is 0. The summed E-state index contributed by atoms with van der Waals surface area (Å²) in [4.78, 5) is 0. The number of hydrogen-bond donors (Lipinski definition) is 0. The van der Waals surface area contributed by atoms with Crippen molar-refractivity contribution >= 4 is 0 Å². The Balaban J connectivity index is 0. The van der Waals surface area contributed by atoms with Crippen LogP contribution >= 0.6 is 0 Å². The first kappa shape index (κ1) is 9.26. The molecule has 0 N–H and O–H groups in total. The Hall–Kier alpha value is 0.805. The van der Waals surface area contributed by atoms with E-state index in [1.807, 2.05) is 0 Å². The van der Waals surface area contributed by atoms with Gasteiger partial charge in [0, 0.05) is 39.9 Å². The van der Waals surface area contributed by atoms with Crippen LogP contribution in [0.2, 0.25) is 0 Å². The molecule has 0 rings (SSSR count). The molecule has 0 amide bonds. The van der Waals surface area contributed by atoms with Crippen molar-refractivity contribution in [2.24, 2.45) is 0 Å². The number of allylic oxidation sites excluding steroid dienone is 2. The number of hydrogen-bond acceptors (Lipinski definition) is 0. The first-order valence-electron chi connectivity index (χ1n) is 1.15. The molecule has 0 aliphatic carbocycles. The van der Waals surface area contributed by atoms with Crippen molar-refractivity contribution in [3.05, 3.63) is 25.3 Å². The van der Waals surface area contributed by atoms with Crippen LogP contribution in [0.15, 0.2) is 25.3 Å². The van der Waals surface area contributed by atoms with Gasteiger partial charge in [0.25, 0.3) is 0 Å². The molecule has 0 nitrogen and oxygen atoms in total. The molecule has 5 heavy (non-hydrogen) atoms. The summed E-state index contributed by atoms with van der Waals surface area (Å²) < 4.78 is 0. The Morgan fingerprint density at radius 2 is 1.20 bits per heavy atom. The standard InChI is InChI=1S/C4H6.Th/c1-3-4-2;/h3-4H,1-2H2;. The largest absolute Gasteiger partial charge is 0.0991 e. The summed E-state index contributed by atoms with van der Waals surface area (Å²) in [5.41, 5.74) is 0. The number of rotatable bonds is 1. The summed E-state index contributed by atoms with van der Waals surface area (Å²) in [5.74, 6) is 0. The van der Waals surface area contributed by atoms with Crippen LogP contribution in [-0.4, -0.2) is 0 Å². The van der Waals surface area contributed by atoms with Gasteiger partial charge in [-0.1, -0.05) is 25.3 Å². The summed E-state index contributed by atoms with van der Waals surface area (Å²) >= 11 is 0. The molecular weight excluding hydrogens is 280 g/mol. The van der Waals surface area contributed by atoms with E-state index in [2.05, 4.69) is 13.2 Å². The second kappa shape index (κ2) is 8.84. The first-order valence-corrected chi connectivity index (χ1v) is 1.15. The molecule has 0 aromatic rings. The maximum atomic E-state index is 3.36. The van der Waals surface area contributed by atoms with E-state index in [-0.39, 0.29) is 39.9 Å². The summed E-state index contributed by atoms with van der Waals surface area (Å²) in [6, 6.07) is 0. The Morgan fingerprint density at radius 3 is 1.20 bits per heavy atom. The van der Waals surface area contributed by atoms with Crippen LogP contribution in [0.5, 0.6) is 0 Å². The van der Waals surface area contributed by atoms with Crippen molar-refractivity contribution in [3.63, 3.8) is 0 Å². The van der Waals surface area contributed by atoms with Gasteiger partial charge in [0.15, 0.2) is 0 Å². The van der Waals surface area contributed by atoms with Crippen LogP contribution < -0.4 is 0 Å². The maximum absolute atomic E-state index is 3.36. The van der Waals surface area contributed by atoms with Crippen molar-refractivity contribution in [1.29, 1.82) is 0 Å². The van der Waals surface area contributed by atoms with Crippen molar-refractivity contribution in [3.8, 4) is 0 Å². The smallest absolute Gasteiger partial charge is 0 e. The van der Waals surface area contributed by atoms with Crippen LogP contribution in [-0.2, 0) is 0 Å². The second-order valence-corrected chi connectivity index (χ2v) is 0.471. The Morgan fingerprint density at radius 1 is 1.00 bits per heavy atom. The van der Waals surface area contributed by atoms with Crippen molar-refractivity contribution in [2.75, 3.05) is 0 Å². The third-order valence-corrected chi connectivity index (χ3v) is 0.167. The minimum absolute atomic E-state index is 0. The van der Waals surface area contributed by atoms with E-state index in [1.165, 1.54) is 0 Å². The Labute approximate surface area is 64.6 Å². The van der Waals surface area contributed by atoms with Gasteiger partial charge in [-0.2, -0.15) is 0 Å². The minimum Gasteiger partial charge on any atom is -0.0991 e. The zero-order valence-electron chi connectivity index (χ0n) is 3.07. The van der Waals surface area contributed by atoms with E-state index < -0.39 is 0 Å². The van der Waals surface area contributed by atoms with Gasteiger partial charge >= 0.3 is 0 Å². The molecule has 0 aliphatic heterocycles. The summed E-state index contributed by atoms with van der Waals surface area (Å²) in [6.07, 6.45) is 3.28. The van der Waals surface area contributed by atoms with Crippen LogP contribution in [0, 0.1) is 39.9 Å². The zero-order chi connectivity index (χ0) is 3.41. The fourth-order valence-corrected chi connectivity index (χ4v) is 0. The third kappa shape index (κ3) is 11.6. The molecule has 0 unspecified atom stereocenters. The van der Waals surface area contributed by atoms with Gasteiger partial charge in [0.05, 0.1) is 0 Å². The molecule has 0 fully saturated rings. The average Bonchev–Trinajstić information content (AvgIpc) is 1.37. The fourth-order valence-electron chi connectivity index (χ4n) is 0. The maximum Gasteiger partial charge on any atom is 0 e. The summed E-state index contributed by atoms with van der Waals surface area (Å²) in [7, 11) is 0. The van der Waals surface area contributed by atoms with Crippen LogP contribution in [0.4, 0.5) is 0 Å². The van der Waals surface area contributed by atoms with Gasteiger partial charge in [-0.05, 0) is 0 Å². The molecule has 0 bridgehead atoms. The van der Waals surface area contributed by atoms with Crippen LogP contribution in [0.25, 0.3) is 0 Å². The molecule has 0 saturated carbocycles. The quantitative estimate of drug-likeness (QED) is 0.639. The molecule has 0 saturated heterocycles. The third-order valence-electron chi connectivity index (χ3n) is 0.167. The molecule has 0 aromatic carbocycles. The SMILES string of the molecule is C=CC=C.[Th]. The van der Waals surface area contributed by atoms with E-state index in [9.17, 15) is 0 Å². The van der Waals surface area contributed by atoms with E-state index in [0.29, 0.717) is 0 Å². The van der Waals surface area contributed by atoms with E-state index in [4.69, 9.17) is 0 Å². The molecule has 0 heterocycles. The van der Waals surface area contributed by atoms with Gasteiger partial charge < -0.3 is 0 Å². The van der Waals surface area contributed by atoms with Gasteiger partial charge in [-0.25, -0.2) is 0 Å². The van der Waals surface area contributed by atoms with Gasteiger partial charge in [0.2, 0.25) is 0 Å². The Kier molecular flexibility index (Phi) is 16.4. The molecule has 0 atom stereocenters. The first-order chi connectivity index (χ1) is 1.91. The van der Waals surface area contributed by atoms with Crippen LogP contribution in [0.3, 0.4) is 0 Å². The van der Waals surface area contributed by atoms with E-state index >= 15 is 0 Å². The van der Waals surface area contributed by atoms with Gasteiger partial charge in [-0.15, -0.1) is 0 Å². The second-order valence-electron chi connectivity index (χ2n) is 0.471. The normalized spacial score (nSPS) is 4.00. The molecule has 26 valence electrons. The molecule has 0 aromatic heterocycles. The van der Waals surface area contributed by atoms with Crippen LogP contribution in [0.1, 0.15) is 0 Å². The molecule has 0 radical (unpaired) electrons. The van der Waals surface area contributed by atoms with E-state index in [0.717, 1.165) is 0 Å². The Bertz CT molecular complexity index is 24.6. The van der Waals surface area contributed by atoms with Crippen molar-refractivity contribution in [1.82, 2.24) is 0 Å².